The van der Waals surface area contributed by atoms with Crippen molar-refractivity contribution >= 4 is 5.69 Å². The summed E-state index contributed by atoms with van der Waals surface area (Å²) in [5.74, 6) is 0.709. The van der Waals surface area contributed by atoms with Crippen LogP contribution >= 0.6 is 0 Å². The van der Waals surface area contributed by atoms with Gasteiger partial charge in [-0.3, -0.25) is 4.68 Å². The Balaban J connectivity index is 2.19. The molecule has 4 nitrogen and oxygen atoms in total. The van der Waals surface area contributed by atoms with Gasteiger partial charge < -0.3 is 10.5 Å². The van der Waals surface area contributed by atoms with Gasteiger partial charge in [-0.2, -0.15) is 5.10 Å². The van der Waals surface area contributed by atoms with Crippen molar-refractivity contribution < 1.29 is 4.74 Å². The molecule has 0 unspecified atom stereocenters. The molecular formula is C12H15N3O. The number of aryl methyl sites for hydroxylation is 1. The van der Waals surface area contributed by atoms with Crippen LogP contribution in [0.3, 0.4) is 0 Å². The van der Waals surface area contributed by atoms with Crippen molar-refractivity contribution in [3.05, 3.63) is 41.7 Å². The first kappa shape index (κ1) is 10.5. The van der Waals surface area contributed by atoms with Gasteiger partial charge in [0.25, 0.3) is 0 Å². The number of nitrogens with two attached hydrogens (primary N) is 1. The molecule has 0 radical (unpaired) electrons. The SMILES string of the molecule is COc1ccc(Cn2cc(C)cn2)cc1N. The molecule has 1 heterocycles. The summed E-state index contributed by atoms with van der Waals surface area (Å²) < 4.78 is 6.99. The minimum absolute atomic E-state index is 0.656. The third-order valence-electron chi connectivity index (χ3n) is 2.40. The molecule has 0 spiro atoms. The predicted molar refractivity (Wildman–Crippen MR) is 63.5 cm³/mol. The van der Waals surface area contributed by atoms with Crippen molar-refractivity contribution in [3.8, 4) is 5.75 Å². The largest absolute Gasteiger partial charge is 0.495 e. The maximum Gasteiger partial charge on any atom is 0.141 e. The topological polar surface area (TPSA) is 53.1 Å². The third kappa shape index (κ3) is 2.16. The molecule has 2 rings (SSSR count). The lowest BCUT2D eigenvalue weighted by molar-refractivity contribution is 0.417. The van der Waals surface area contributed by atoms with Gasteiger partial charge in [0.1, 0.15) is 5.75 Å². The van der Waals surface area contributed by atoms with Gasteiger partial charge in [-0.25, -0.2) is 0 Å². The van der Waals surface area contributed by atoms with Crippen LogP contribution in [0.1, 0.15) is 11.1 Å². The van der Waals surface area contributed by atoms with E-state index in [0.29, 0.717) is 11.4 Å². The number of anilines is 1. The molecule has 4 heteroatoms. The van der Waals surface area contributed by atoms with Gasteiger partial charge in [-0.05, 0) is 30.2 Å². The van der Waals surface area contributed by atoms with Crippen molar-refractivity contribution in [1.82, 2.24) is 9.78 Å². The van der Waals surface area contributed by atoms with Crippen LogP contribution in [0.4, 0.5) is 5.69 Å². The maximum absolute atomic E-state index is 5.84. The summed E-state index contributed by atoms with van der Waals surface area (Å²) in [6.45, 7) is 2.74. The zero-order valence-corrected chi connectivity index (χ0v) is 9.47. The fourth-order valence-electron chi connectivity index (χ4n) is 1.62. The van der Waals surface area contributed by atoms with Gasteiger partial charge in [0.05, 0.1) is 25.5 Å². The first-order valence-electron chi connectivity index (χ1n) is 5.10. The first-order chi connectivity index (χ1) is 7.69. The summed E-state index contributed by atoms with van der Waals surface area (Å²) >= 11 is 0. The molecular weight excluding hydrogens is 202 g/mol. The lowest BCUT2D eigenvalue weighted by Crippen LogP contribution is -2.01. The highest BCUT2D eigenvalue weighted by atomic mass is 16.5. The molecule has 84 valence electrons. The zero-order chi connectivity index (χ0) is 11.5. The Morgan fingerprint density at radius 2 is 2.25 bits per heavy atom. The summed E-state index contributed by atoms with van der Waals surface area (Å²) in [4.78, 5) is 0. The van der Waals surface area contributed by atoms with E-state index in [0.717, 1.165) is 17.7 Å². The highest BCUT2D eigenvalue weighted by Crippen LogP contribution is 2.22. The molecule has 0 saturated carbocycles. The van der Waals surface area contributed by atoms with E-state index in [9.17, 15) is 0 Å². The van der Waals surface area contributed by atoms with E-state index >= 15 is 0 Å². The van der Waals surface area contributed by atoms with E-state index in [2.05, 4.69) is 5.10 Å². The quantitative estimate of drug-likeness (QED) is 0.798. The van der Waals surface area contributed by atoms with Gasteiger partial charge in [-0.15, -0.1) is 0 Å². The number of benzene rings is 1. The molecule has 0 atom stereocenters. The molecule has 0 saturated heterocycles. The lowest BCUT2D eigenvalue weighted by Gasteiger charge is -2.07. The Bertz CT molecular complexity index is 491. The fraction of sp³-hybridized carbons (Fsp3) is 0.250. The van der Waals surface area contributed by atoms with Crippen LogP contribution in [-0.2, 0) is 6.54 Å². The Kier molecular flexibility index (Phi) is 2.81. The van der Waals surface area contributed by atoms with E-state index in [1.165, 1.54) is 0 Å². The lowest BCUT2D eigenvalue weighted by atomic mass is 10.2. The van der Waals surface area contributed by atoms with Crippen LogP contribution in [0.5, 0.6) is 5.75 Å². The van der Waals surface area contributed by atoms with Crippen molar-refractivity contribution in [2.45, 2.75) is 13.5 Å². The Labute approximate surface area is 94.6 Å². The van der Waals surface area contributed by atoms with Crippen molar-refractivity contribution in [2.24, 2.45) is 0 Å². The molecule has 1 aromatic carbocycles. The van der Waals surface area contributed by atoms with Crippen LogP contribution in [-0.4, -0.2) is 16.9 Å². The molecule has 2 N–H and O–H groups in total. The van der Waals surface area contributed by atoms with E-state index in [-0.39, 0.29) is 0 Å². The summed E-state index contributed by atoms with van der Waals surface area (Å²) in [5, 5.41) is 4.23. The van der Waals surface area contributed by atoms with Gasteiger partial charge in [0.15, 0.2) is 0 Å². The zero-order valence-electron chi connectivity index (χ0n) is 9.47. The highest BCUT2D eigenvalue weighted by molar-refractivity contribution is 5.54. The molecule has 0 bridgehead atoms. The number of methoxy groups -OCH3 is 1. The molecule has 0 aliphatic heterocycles. The minimum Gasteiger partial charge on any atom is -0.495 e. The van der Waals surface area contributed by atoms with Crippen LogP contribution in [0.25, 0.3) is 0 Å². The van der Waals surface area contributed by atoms with Crippen LogP contribution in [0.15, 0.2) is 30.6 Å². The Morgan fingerprint density at radius 3 is 2.81 bits per heavy atom. The van der Waals surface area contributed by atoms with E-state index in [4.69, 9.17) is 10.5 Å². The van der Waals surface area contributed by atoms with Crippen LogP contribution in [0, 0.1) is 6.92 Å². The number of rotatable bonds is 3. The van der Waals surface area contributed by atoms with Crippen molar-refractivity contribution in [2.75, 3.05) is 12.8 Å². The van der Waals surface area contributed by atoms with Crippen LogP contribution < -0.4 is 10.5 Å². The first-order valence-corrected chi connectivity index (χ1v) is 5.10. The smallest absolute Gasteiger partial charge is 0.141 e. The third-order valence-corrected chi connectivity index (χ3v) is 2.40. The molecule has 0 amide bonds. The van der Waals surface area contributed by atoms with E-state index in [1.807, 2.05) is 42.2 Å². The fourth-order valence-corrected chi connectivity index (χ4v) is 1.62. The monoisotopic (exact) mass is 217 g/mol. The minimum atomic E-state index is 0.656. The predicted octanol–water partition coefficient (Wildman–Crippen LogP) is 1.83. The number of nitrogens with zero attached hydrogens (tertiary/aromatic N) is 2. The second-order valence-corrected chi connectivity index (χ2v) is 3.79. The molecule has 1 aromatic heterocycles. The second kappa shape index (κ2) is 4.26. The van der Waals surface area contributed by atoms with Crippen molar-refractivity contribution in [1.29, 1.82) is 0 Å². The molecule has 0 aliphatic rings. The van der Waals surface area contributed by atoms with E-state index in [1.54, 1.807) is 7.11 Å². The summed E-state index contributed by atoms with van der Waals surface area (Å²) in [6, 6.07) is 5.78. The highest BCUT2D eigenvalue weighted by Gasteiger charge is 2.02. The average Bonchev–Trinajstić information content (AvgIpc) is 2.64. The number of nitrogen functional groups attached to an aromatic ring is 1. The normalized spacial score (nSPS) is 10.4. The number of ether oxygens (including phenoxy) is 1. The molecule has 2 aromatic rings. The number of hydrogen-bond acceptors (Lipinski definition) is 3. The van der Waals surface area contributed by atoms with Gasteiger partial charge in [-0.1, -0.05) is 6.07 Å². The second-order valence-electron chi connectivity index (χ2n) is 3.79. The van der Waals surface area contributed by atoms with Gasteiger partial charge in [0, 0.05) is 6.20 Å². The van der Waals surface area contributed by atoms with Gasteiger partial charge in [0.2, 0.25) is 0 Å². The Hall–Kier alpha value is -1.97. The Morgan fingerprint density at radius 1 is 1.44 bits per heavy atom. The van der Waals surface area contributed by atoms with Crippen LogP contribution in [0.2, 0.25) is 0 Å². The summed E-state index contributed by atoms with van der Waals surface area (Å²) in [7, 11) is 1.61. The average molecular weight is 217 g/mol. The summed E-state index contributed by atoms with van der Waals surface area (Å²) in [5.41, 5.74) is 8.76. The van der Waals surface area contributed by atoms with Crippen molar-refractivity contribution in [3.63, 3.8) is 0 Å². The molecule has 0 aliphatic carbocycles. The van der Waals surface area contributed by atoms with Gasteiger partial charge >= 0.3 is 0 Å². The molecule has 0 fully saturated rings. The number of aromatic nitrogens is 2. The number of hydrogen-bond donors (Lipinski definition) is 1. The molecule has 16 heavy (non-hydrogen) atoms. The van der Waals surface area contributed by atoms with E-state index < -0.39 is 0 Å². The maximum atomic E-state index is 5.84. The summed E-state index contributed by atoms with van der Waals surface area (Å²) in [6.07, 6.45) is 3.84. The standard InChI is InChI=1S/C12H15N3O/c1-9-6-14-15(7-9)8-10-3-4-12(16-2)11(13)5-10/h3-7H,8,13H2,1-2H3.